The standard InChI is InChI=1S/C20H26N2O2/c1-14(7-8-15(2)20(21)23)19(16-9-11-22-12-10-16)17-5-4-6-18(13-17)24-3/h4-8,13,22H,9-12H2,1-3H3,(H2,21,23)/b14-7+,15-8+. The topological polar surface area (TPSA) is 64.3 Å². The highest BCUT2D eigenvalue weighted by Gasteiger charge is 2.14. The average molecular weight is 326 g/mol. The minimum Gasteiger partial charge on any atom is -0.497 e. The molecule has 1 fully saturated rings. The van der Waals surface area contributed by atoms with E-state index in [4.69, 9.17) is 10.5 Å². The van der Waals surface area contributed by atoms with E-state index in [0.29, 0.717) is 5.57 Å². The Bertz CT molecular complexity index is 691. The van der Waals surface area contributed by atoms with Crippen LogP contribution in [0.4, 0.5) is 0 Å². The van der Waals surface area contributed by atoms with E-state index < -0.39 is 5.91 Å². The van der Waals surface area contributed by atoms with E-state index in [2.05, 4.69) is 24.4 Å². The van der Waals surface area contributed by atoms with Crippen molar-refractivity contribution in [3.8, 4) is 5.75 Å². The highest BCUT2D eigenvalue weighted by Crippen LogP contribution is 2.32. The molecule has 0 unspecified atom stereocenters. The first-order chi connectivity index (χ1) is 11.5. The third-order valence-electron chi connectivity index (χ3n) is 4.29. The van der Waals surface area contributed by atoms with Crippen molar-refractivity contribution in [3.05, 3.63) is 58.7 Å². The number of carbonyl (C=O) groups excluding carboxylic acids is 1. The molecule has 0 radical (unpaired) electrons. The zero-order chi connectivity index (χ0) is 17.5. The maximum Gasteiger partial charge on any atom is 0.244 e. The van der Waals surface area contributed by atoms with Gasteiger partial charge in [0, 0.05) is 5.57 Å². The number of benzene rings is 1. The van der Waals surface area contributed by atoms with Gasteiger partial charge in [-0.25, -0.2) is 0 Å². The first-order valence-corrected chi connectivity index (χ1v) is 8.25. The summed E-state index contributed by atoms with van der Waals surface area (Å²) in [5.41, 5.74) is 10.8. The smallest absolute Gasteiger partial charge is 0.244 e. The van der Waals surface area contributed by atoms with Crippen LogP contribution in [0.1, 0.15) is 32.3 Å². The van der Waals surface area contributed by atoms with Gasteiger partial charge in [-0.3, -0.25) is 4.79 Å². The second-order valence-electron chi connectivity index (χ2n) is 6.02. The normalized spacial score (nSPS) is 16.0. The third-order valence-corrected chi connectivity index (χ3v) is 4.29. The number of primary amides is 1. The van der Waals surface area contributed by atoms with Crippen LogP contribution in [0.3, 0.4) is 0 Å². The summed E-state index contributed by atoms with van der Waals surface area (Å²) in [5, 5.41) is 3.40. The molecule has 1 saturated heterocycles. The molecule has 128 valence electrons. The summed E-state index contributed by atoms with van der Waals surface area (Å²) >= 11 is 0. The quantitative estimate of drug-likeness (QED) is 0.645. The molecule has 1 aliphatic heterocycles. The Morgan fingerprint density at radius 2 is 1.83 bits per heavy atom. The molecule has 0 atom stereocenters. The lowest BCUT2D eigenvalue weighted by molar-refractivity contribution is -0.114. The van der Waals surface area contributed by atoms with E-state index in [9.17, 15) is 4.79 Å². The van der Waals surface area contributed by atoms with Gasteiger partial charge in [-0.15, -0.1) is 0 Å². The van der Waals surface area contributed by atoms with Gasteiger partial charge in [-0.05, 0) is 68.6 Å². The molecule has 2 rings (SSSR count). The molecule has 24 heavy (non-hydrogen) atoms. The molecule has 4 heteroatoms. The van der Waals surface area contributed by atoms with Gasteiger partial charge in [-0.2, -0.15) is 0 Å². The van der Waals surface area contributed by atoms with Crippen LogP contribution in [0.25, 0.3) is 5.57 Å². The molecule has 1 heterocycles. The zero-order valence-corrected chi connectivity index (χ0v) is 14.7. The van der Waals surface area contributed by atoms with Gasteiger partial charge >= 0.3 is 0 Å². The van der Waals surface area contributed by atoms with Crippen molar-refractivity contribution in [2.75, 3.05) is 20.2 Å². The van der Waals surface area contributed by atoms with Crippen LogP contribution in [0.2, 0.25) is 0 Å². The van der Waals surface area contributed by atoms with Crippen molar-refractivity contribution in [2.45, 2.75) is 26.7 Å². The maximum absolute atomic E-state index is 11.2. The largest absolute Gasteiger partial charge is 0.497 e. The highest BCUT2D eigenvalue weighted by molar-refractivity contribution is 5.92. The van der Waals surface area contributed by atoms with Crippen molar-refractivity contribution >= 4 is 11.5 Å². The van der Waals surface area contributed by atoms with Crippen LogP contribution in [-0.2, 0) is 4.79 Å². The average Bonchev–Trinajstić information content (AvgIpc) is 2.61. The molecular weight excluding hydrogens is 300 g/mol. The summed E-state index contributed by atoms with van der Waals surface area (Å²) in [6.45, 7) is 5.79. The second kappa shape index (κ2) is 8.50. The summed E-state index contributed by atoms with van der Waals surface area (Å²) in [4.78, 5) is 11.2. The van der Waals surface area contributed by atoms with Gasteiger partial charge in [0.1, 0.15) is 5.75 Å². The molecule has 0 bridgehead atoms. The Kier molecular flexibility index (Phi) is 6.38. The van der Waals surface area contributed by atoms with Crippen molar-refractivity contribution in [1.29, 1.82) is 0 Å². The van der Waals surface area contributed by atoms with E-state index in [0.717, 1.165) is 42.8 Å². The molecule has 1 aromatic rings. The number of allylic oxidation sites excluding steroid dienone is 4. The molecule has 1 aromatic carbocycles. The van der Waals surface area contributed by atoms with E-state index in [1.807, 2.05) is 18.2 Å². The van der Waals surface area contributed by atoms with Crippen LogP contribution in [-0.4, -0.2) is 26.1 Å². The fourth-order valence-corrected chi connectivity index (χ4v) is 2.88. The molecule has 0 spiro atoms. The number of ether oxygens (including phenoxy) is 1. The van der Waals surface area contributed by atoms with E-state index in [-0.39, 0.29) is 0 Å². The molecule has 0 aliphatic carbocycles. The fraction of sp³-hybridized carbons (Fsp3) is 0.350. The molecule has 1 aliphatic rings. The van der Waals surface area contributed by atoms with Crippen LogP contribution >= 0.6 is 0 Å². The van der Waals surface area contributed by atoms with Gasteiger partial charge in [0.25, 0.3) is 0 Å². The highest BCUT2D eigenvalue weighted by atomic mass is 16.5. The third kappa shape index (κ3) is 4.59. The molecule has 3 N–H and O–H groups in total. The fourth-order valence-electron chi connectivity index (χ4n) is 2.88. The first kappa shape index (κ1) is 18.0. The number of nitrogens with one attached hydrogen (secondary N) is 1. The molecule has 1 amide bonds. The number of hydrogen-bond acceptors (Lipinski definition) is 3. The Balaban J connectivity index is 2.49. The summed E-state index contributed by atoms with van der Waals surface area (Å²) in [6.07, 6.45) is 5.82. The predicted molar refractivity (Wildman–Crippen MR) is 98.7 cm³/mol. The zero-order valence-electron chi connectivity index (χ0n) is 14.7. The van der Waals surface area contributed by atoms with E-state index in [1.165, 1.54) is 11.1 Å². The monoisotopic (exact) mass is 326 g/mol. The van der Waals surface area contributed by atoms with Crippen molar-refractivity contribution in [2.24, 2.45) is 5.73 Å². The van der Waals surface area contributed by atoms with Gasteiger partial charge in [0.15, 0.2) is 0 Å². The van der Waals surface area contributed by atoms with E-state index >= 15 is 0 Å². The number of piperidine rings is 1. The van der Waals surface area contributed by atoms with Crippen LogP contribution in [0, 0.1) is 0 Å². The number of amides is 1. The molecular formula is C20H26N2O2. The van der Waals surface area contributed by atoms with Gasteiger partial charge in [0.05, 0.1) is 7.11 Å². The molecule has 0 saturated carbocycles. The molecule has 0 aromatic heterocycles. The number of hydrogen-bond donors (Lipinski definition) is 2. The summed E-state index contributed by atoms with van der Waals surface area (Å²) in [7, 11) is 1.68. The first-order valence-electron chi connectivity index (χ1n) is 8.25. The SMILES string of the molecule is COc1cccc(C(=C2CCNCC2)/C(C)=C/C=C(\C)C(N)=O)c1. The number of carbonyl (C=O) groups is 1. The van der Waals surface area contributed by atoms with Crippen molar-refractivity contribution in [3.63, 3.8) is 0 Å². The Morgan fingerprint density at radius 3 is 2.46 bits per heavy atom. The van der Waals surface area contributed by atoms with Crippen molar-refractivity contribution < 1.29 is 9.53 Å². The lowest BCUT2D eigenvalue weighted by Gasteiger charge is -2.21. The number of rotatable bonds is 5. The summed E-state index contributed by atoms with van der Waals surface area (Å²) in [6, 6.07) is 8.12. The lowest BCUT2D eigenvalue weighted by atomic mass is 9.89. The number of methoxy groups -OCH3 is 1. The van der Waals surface area contributed by atoms with Gasteiger partial charge in [0.2, 0.25) is 5.91 Å². The van der Waals surface area contributed by atoms with Crippen LogP contribution in [0.15, 0.2) is 53.1 Å². The number of nitrogens with two attached hydrogens (primary N) is 1. The van der Waals surface area contributed by atoms with E-state index in [1.54, 1.807) is 20.1 Å². The second-order valence-corrected chi connectivity index (χ2v) is 6.02. The predicted octanol–water partition coefficient (Wildman–Crippen LogP) is 3.21. The van der Waals surface area contributed by atoms with Gasteiger partial charge in [-0.1, -0.05) is 29.9 Å². The summed E-state index contributed by atoms with van der Waals surface area (Å²) in [5.74, 6) is 0.452. The van der Waals surface area contributed by atoms with Gasteiger partial charge < -0.3 is 15.8 Å². The minimum absolute atomic E-state index is 0.392. The van der Waals surface area contributed by atoms with Crippen LogP contribution < -0.4 is 15.8 Å². The Hall–Kier alpha value is -2.33. The van der Waals surface area contributed by atoms with Crippen LogP contribution in [0.5, 0.6) is 5.75 Å². The Morgan fingerprint density at radius 1 is 1.17 bits per heavy atom. The van der Waals surface area contributed by atoms with Crippen molar-refractivity contribution in [1.82, 2.24) is 5.32 Å². The lowest BCUT2D eigenvalue weighted by Crippen LogP contribution is -2.23. The minimum atomic E-state index is -0.392. The summed E-state index contributed by atoms with van der Waals surface area (Å²) < 4.78 is 5.37. The maximum atomic E-state index is 11.2. The molecule has 4 nitrogen and oxygen atoms in total. The Labute approximate surface area is 144 Å².